The van der Waals surface area contributed by atoms with Crippen LogP contribution in [0.4, 0.5) is 0 Å². The van der Waals surface area contributed by atoms with Crippen LogP contribution < -0.4 is 5.32 Å². The van der Waals surface area contributed by atoms with E-state index in [1.165, 1.54) is 4.31 Å². The van der Waals surface area contributed by atoms with Crippen LogP contribution in [-0.4, -0.2) is 38.9 Å². The van der Waals surface area contributed by atoms with Gasteiger partial charge < -0.3 is 5.32 Å². The highest BCUT2D eigenvalue weighted by Crippen LogP contribution is 2.28. The highest BCUT2D eigenvalue weighted by Gasteiger charge is 2.32. The molecule has 2 rings (SSSR count). The van der Waals surface area contributed by atoms with Crippen molar-refractivity contribution in [1.82, 2.24) is 9.62 Å². The van der Waals surface area contributed by atoms with Gasteiger partial charge in [0.1, 0.15) is 0 Å². The molecule has 0 bridgehead atoms. The number of sulfonamides is 1. The van der Waals surface area contributed by atoms with Gasteiger partial charge in [-0.15, -0.1) is 0 Å². The van der Waals surface area contributed by atoms with Gasteiger partial charge in [-0.3, -0.25) is 0 Å². The number of likely N-dealkylation sites (N-methyl/N-ethyl adjacent to an activating group) is 1. The van der Waals surface area contributed by atoms with Crippen LogP contribution in [0.5, 0.6) is 0 Å². The number of hydrogen-bond donors (Lipinski definition) is 1. The number of hydrogen-bond acceptors (Lipinski definition) is 3. The fraction of sp³-hybridized carbons (Fsp3) is 0.400. The summed E-state index contributed by atoms with van der Waals surface area (Å²) >= 11 is 6.59. The summed E-state index contributed by atoms with van der Waals surface area (Å²) in [7, 11) is -1.80. The molecule has 0 atom stereocenters. The Morgan fingerprint density at radius 2 is 2.00 bits per heavy atom. The zero-order valence-corrected chi connectivity index (χ0v) is 13.1. The molecule has 0 aliphatic carbocycles. The second kappa shape index (κ2) is 4.97. The van der Waals surface area contributed by atoms with Gasteiger partial charge in [-0.1, -0.05) is 15.9 Å². The molecular weight excluding hydrogens is 372 g/mol. The maximum atomic E-state index is 12.4. The average molecular weight is 384 g/mol. The Kier molecular flexibility index (Phi) is 3.94. The average Bonchev–Trinajstić information content (AvgIpc) is 2.13. The van der Waals surface area contributed by atoms with E-state index < -0.39 is 10.0 Å². The van der Waals surface area contributed by atoms with Gasteiger partial charge >= 0.3 is 0 Å². The summed E-state index contributed by atoms with van der Waals surface area (Å²) < 4.78 is 27.5. The fourth-order valence-electron chi connectivity index (χ4n) is 1.57. The lowest BCUT2D eigenvalue weighted by Gasteiger charge is -2.34. The summed E-state index contributed by atoms with van der Waals surface area (Å²) in [5, 5.41) is 3.06. The first-order chi connectivity index (χ1) is 7.93. The van der Waals surface area contributed by atoms with E-state index >= 15 is 0 Å². The second-order valence-corrected chi connectivity index (χ2v) is 7.64. The highest BCUT2D eigenvalue weighted by atomic mass is 79.9. The van der Waals surface area contributed by atoms with Crippen molar-refractivity contribution < 1.29 is 8.42 Å². The highest BCUT2D eigenvalue weighted by molar-refractivity contribution is 9.11. The first kappa shape index (κ1) is 13.5. The lowest BCUT2D eigenvalue weighted by atomic mass is 10.2. The minimum atomic E-state index is -3.42. The summed E-state index contributed by atoms with van der Waals surface area (Å²) in [6.07, 6.45) is 0. The molecule has 1 aromatic carbocycles. The van der Waals surface area contributed by atoms with Crippen molar-refractivity contribution in [2.24, 2.45) is 0 Å². The van der Waals surface area contributed by atoms with Gasteiger partial charge in [0.05, 0.1) is 4.90 Å². The Hall–Kier alpha value is 0.0500. The zero-order valence-electron chi connectivity index (χ0n) is 9.15. The molecule has 1 fully saturated rings. The molecule has 1 saturated heterocycles. The predicted molar refractivity (Wildman–Crippen MR) is 73.4 cm³/mol. The number of rotatable bonds is 3. The van der Waals surface area contributed by atoms with E-state index in [0.29, 0.717) is 22.5 Å². The Bertz CT molecular complexity index is 529. The molecule has 4 nitrogen and oxygen atoms in total. The molecule has 0 unspecified atom stereocenters. The topological polar surface area (TPSA) is 49.4 Å². The van der Waals surface area contributed by atoms with Gasteiger partial charge in [0.25, 0.3) is 0 Å². The van der Waals surface area contributed by atoms with E-state index in [4.69, 9.17) is 0 Å². The van der Waals surface area contributed by atoms with E-state index in [0.717, 1.165) is 4.47 Å². The molecule has 0 aromatic heterocycles. The Morgan fingerprint density at radius 3 is 2.47 bits per heavy atom. The van der Waals surface area contributed by atoms with Gasteiger partial charge in [0.2, 0.25) is 10.0 Å². The zero-order chi connectivity index (χ0) is 12.6. The molecule has 0 spiro atoms. The van der Waals surface area contributed by atoms with Crippen LogP contribution in [0.1, 0.15) is 0 Å². The summed E-state index contributed by atoms with van der Waals surface area (Å²) in [5.74, 6) is 0. The third-order valence-corrected chi connectivity index (χ3v) is 6.21. The van der Waals surface area contributed by atoms with Crippen LogP contribution in [0, 0.1) is 0 Å². The number of nitrogens with zero attached hydrogens (tertiary/aromatic N) is 1. The van der Waals surface area contributed by atoms with Crippen LogP contribution in [0.15, 0.2) is 32.0 Å². The fourth-order valence-corrected chi connectivity index (χ4v) is 4.62. The Labute approximate surface area is 118 Å². The minimum Gasteiger partial charge on any atom is -0.313 e. The molecule has 0 saturated carbocycles. The third-order valence-electron chi connectivity index (χ3n) is 2.83. The molecule has 1 aliphatic heterocycles. The smallest absolute Gasteiger partial charge is 0.244 e. The van der Waals surface area contributed by atoms with Crippen molar-refractivity contribution in [1.29, 1.82) is 0 Å². The van der Waals surface area contributed by atoms with Crippen LogP contribution in [0.25, 0.3) is 0 Å². The van der Waals surface area contributed by atoms with Crippen molar-refractivity contribution in [2.45, 2.75) is 10.9 Å². The molecule has 94 valence electrons. The third kappa shape index (κ3) is 2.58. The van der Waals surface area contributed by atoms with E-state index in [1.807, 2.05) is 0 Å². The Balaban J connectivity index is 2.36. The van der Waals surface area contributed by atoms with Gasteiger partial charge in [-0.05, 0) is 34.1 Å². The number of benzene rings is 1. The van der Waals surface area contributed by atoms with E-state index in [2.05, 4.69) is 37.2 Å². The summed E-state index contributed by atoms with van der Waals surface area (Å²) in [6, 6.07) is 5.12. The largest absolute Gasteiger partial charge is 0.313 e. The standard InChI is InChI=1S/C10H12Br2N2O2S/c1-14(8-5-13-6-8)17(15,16)10-3-2-7(11)4-9(10)12/h2-4,8,13H,5-6H2,1H3. The maximum absolute atomic E-state index is 12.4. The van der Waals surface area contributed by atoms with Crippen molar-refractivity contribution in [3.8, 4) is 0 Å². The van der Waals surface area contributed by atoms with Gasteiger partial charge in [-0.25, -0.2) is 8.42 Å². The van der Waals surface area contributed by atoms with E-state index in [-0.39, 0.29) is 6.04 Å². The number of halogens is 2. The second-order valence-electron chi connectivity index (χ2n) is 3.91. The minimum absolute atomic E-state index is 0.0514. The molecule has 17 heavy (non-hydrogen) atoms. The first-order valence-electron chi connectivity index (χ1n) is 5.07. The van der Waals surface area contributed by atoms with Crippen molar-refractivity contribution in [3.63, 3.8) is 0 Å². The normalized spacial score (nSPS) is 17.2. The molecule has 1 aliphatic rings. The van der Waals surface area contributed by atoms with Crippen molar-refractivity contribution in [3.05, 3.63) is 27.1 Å². The lowest BCUT2D eigenvalue weighted by Crippen LogP contribution is -2.57. The molecule has 1 aromatic rings. The van der Waals surface area contributed by atoms with Crippen LogP contribution >= 0.6 is 31.9 Å². The molecule has 0 amide bonds. The Morgan fingerprint density at radius 1 is 1.35 bits per heavy atom. The number of nitrogens with one attached hydrogen (secondary N) is 1. The first-order valence-corrected chi connectivity index (χ1v) is 8.09. The molecule has 1 heterocycles. The summed E-state index contributed by atoms with van der Waals surface area (Å²) in [5.41, 5.74) is 0. The predicted octanol–water partition coefficient (Wildman–Crippen LogP) is 1.80. The maximum Gasteiger partial charge on any atom is 0.244 e. The van der Waals surface area contributed by atoms with Crippen LogP contribution in [0.3, 0.4) is 0 Å². The SMILES string of the molecule is CN(C1CNC1)S(=O)(=O)c1ccc(Br)cc1Br. The molecular formula is C10H12Br2N2O2S. The van der Waals surface area contributed by atoms with Crippen LogP contribution in [-0.2, 0) is 10.0 Å². The summed E-state index contributed by atoms with van der Waals surface area (Å²) in [6.45, 7) is 1.42. The molecule has 7 heteroatoms. The monoisotopic (exact) mass is 382 g/mol. The van der Waals surface area contributed by atoms with Gasteiger partial charge in [-0.2, -0.15) is 4.31 Å². The van der Waals surface area contributed by atoms with Crippen molar-refractivity contribution in [2.75, 3.05) is 20.1 Å². The quantitative estimate of drug-likeness (QED) is 0.865. The van der Waals surface area contributed by atoms with Gasteiger partial charge in [0.15, 0.2) is 0 Å². The molecule has 0 radical (unpaired) electrons. The lowest BCUT2D eigenvalue weighted by molar-refractivity contribution is 0.274. The van der Waals surface area contributed by atoms with E-state index in [9.17, 15) is 8.42 Å². The van der Waals surface area contributed by atoms with Crippen molar-refractivity contribution >= 4 is 41.9 Å². The van der Waals surface area contributed by atoms with Crippen LogP contribution in [0.2, 0.25) is 0 Å². The summed E-state index contributed by atoms with van der Waals surface area (Å²) in [4.78, 5) is 0.301. The van der Waals surface area contributed by atoms with E-state index in [1.54, 1.807) is 25.2 Å². The molecule has 1 N–H and O–H groups in total. The van der Waals surface area contributed by atoms with Gasteiger partial charge in [0, 0.05) is 35.1 Å².